The van der Waals surface area contributed by atoms with E-state index in [1.807, 2.05) is 31.2 Å². The van der Waals surface area contributed by atoms with Crippen LogP contribution in [-0.4, -0.2) is 51.5 Å². The minimum Gasteiger partial charge on any atom is -0.484 e. The Kier molecular flexibility index (Phi) is 7.28. The summed E-state index contributed by atoms with van der Waals surface area (Å²) in [7, 11) is -3.54. The van der Waals surface area contributed by atoms with Crippen LogP contribution in [0.25, 0.3) is 0 Å². The molecule has 0 aromatic heterocycles. The Balaban J connectivity index is 1.53. The average Bonchev–Trinajstić information content (AvgIpc) is 2.73. The Labute approximate surface area is 179 Å². The van der Waals surface area contributed by atoms with Gasteiger partial charge in [0.25, 0.3) is 5.91 Å². The summed E-state index contributed by atoms with van der Waals surface area (Å²) >= 11 is 3.38. The first kappa shape index (κ1) is 21.8. The summed E-state index contributed by atoms with van der Waals surface area (Å²) in [6.07, 6.45) is 0. The third-order valence-electron chi connectivity index (χ3n) is 4.55. The Morgan fingerprint density at radius 2 is 1.76 bits per heavy atom. The Bertz CT molecular complexity index is 926. The van der Waals surface area contributed by atoms with Gasteiger partial charge in [-0.15, -0.1) is 0 Å². The predicted octanol–water partition coefficient (Wildman–Crippen LogP) is 2.73. The molecule has 1 fully saturated rings. The van der Waals surface area contributed by atoms with Gasteiger partial charge in [-0.3, -0.25) is 4.79 Å². The van der Waals surface area contributed by atoms with Crippen molar-refractivity contribution in [3.8, 4) is 5.75 Å². The van der Waals surface area contributed by atoms with Crippen LogP contribution in [0.15, 0.2) is 57.9 Å². The molecule has 0 radical (unpaired) electrons. The van der Waals surface area contributed by atoms with Gasteiger partial charge in [0, 0.05) is 17.6 Å². The minimum atomic E-state index is -3.54. The summed E-state index contributed by atoms with van der Waals surface area (Å²) in [5, 5.41) is 2.87. The van der Waals surface area contributed by atoms with Crippen molar-refractivity contribution in [2.24, 2.45) is 0 Å². The molecule has 3 rings (SSSR count). The summed E-state index contributed by atoms with van der Waals surface area (Å²) in [5.41, 5.74) is 0.985. The zero-order valence-electron chi connectivity index (χ0n) is 16.0. The van der Waals surface area contributed by atoms with E-state index in [2.05, 4.69) is 21.2 Å². The minimum absolute atomic E-state index is 0.153. The van der Waals surface area contributed by atoms with Gasteiger partial charge in [0.05, 0.1) is 24.2 Å². The van der Waals surface area contributed by atoms with Crippen molar-refractivity contribution in [3.63, 3.8) is 0 Å². The molecule has 1 amide bonds. The molecule has 9 heteroatoms. The molecule has 7 nitrogen and oxygen atoms in total. The summed E-state index contributed by atoms with van der Waals surface area (Å²) in [6, 6.07) is 13.6. The van der Waals surface area contributed by atoms with Crippen LogP contribution in [0, 0.1) is 0 Å². The second kappa shape index (κ2) is 9.71. The number of carbonyl (C=O) groups excluding carboxylic acids is 1. The highest BCUT2D eigenvalue weighted by Crippen LogP contribution is 2.21. The van der Waals surface area contributed by atoms with E-state index in [9.17, 15) is 13.2 Å². The molecular formula is C20H23BrN2O5S. The van der Waals surface area contributed by atoms with E-state index in [1.165, 1.54) is 16.4 Å². The Morgan fingerprint density at radius 1 is 1.14 bits per heavy atom. The van der Waals surface area contributed by atoms with Crippen molar-refractivity contribution in [2.45, 2.75) is 17.9 Å². The molecule has 0 spiro atoms. The van der Waals surface area contributed by atoms with Crippen molar-refractivity contribution in [1.29, 1.82) is 0 Å². The Hall–Kier alpha value is -1.94. The number of nitrogens with one attached hydrogen (secondary N) is 1. The first-order chi connectivity index (χ1) is 13.9. The van der Waals surface area contributed by atoms with Crippen molar-refractivity contribution < 1.29 is 22.7 Å². The van der Waals surface area contributed by atoms with Gasteiger partial charge in [-0.05, 0) is 48.9 Å². The molecule has 1 aliphatic heterocycles. The third kappa shape index (κ3) is 5.79. The maximum atomic E-state index is 12.6. The first-order valence-electron chi connectivity index (χ1n) is 9.22. The van der Waals surface area contributed by atoms with E-state index in [0.717, 1.165) is 10.0 Å². The van der Waals surface area contributed by atoms with Gasteiger partial charge in [-0.2, -0.15) is 4.31 Å². The number of ether oxygens (including phenoxy) is 2. The second-order valence-electron chi connectivity index (χ2n) is 6.62. The predicted molar refractivity (Wildman–Crippen MR) is 112 cm³/mol. The Morgan fingerprint density at radius 3 is 2.38 bits per heavy atom. The van der Waals surface area contributed by atoms with Crippen LogP contribution in [0.4, 0.5) is 0 Å². The molecule has 29 heavy (non-hydrogen) atoms. The molecular weight excluding hydrogens is 460 g/mol. The number of carbonyl (C=O) groups is 1. The van der Waals surface area contributed by atoms with E-state index in [-0.39, 0.29) is 23.5 Å². The van der Waals surface area contributed by atoms with Gasteiger partial charge in [0.1, 0.15) is 5.75 Å². The zero-order chi connectivity index (χ0) is 20.9. The highest BCUT2D eigenvalue weighted by atomic mass is 79.9. The molecule has 156 valence electrons. The quantitative estimate of drug-likeness (QED) is 0.655. The van der Waals surface area contributed by atoms with Gasteiger partial charge in [-0.25, -0.2) is 8.42 Å². The third-order valence-corrected chi connectivity index (χ3v) is 6.99. The highest BCUT2D eigenvalue weighted by molar-refractivity contribution is 9.10. The molecule has 1 heterocycles. The van der Waals surface area contributed by atoms with Crippen LogP contribution >= 0.6 is 15.9 Å². The number of amides is 1. The monoisotopic (exact) mass is 482 g/mol. The zero-order valence-corrected chi connectivity index (χ0v) is 18.4. The number of rotatable bonds is 7. The standard InChI is InChI=1S/C20H23BrN2O5S/c1-15(16-2-4-17(21)5-3-16)22-20(24)14-28-18-6-8-19(9-7-18)29(25,26)23-10-12-27-13-11-23/h2-9,15H,10-14H2,1H3,(H,22,24)/t15-/m0/s1. The molecule has 1 aliphatic rings. The van der Waals surface area contributed by atoms with Crippen molar-refractivity contribution in [3.05, 3.63) is 58.6 Å². The molecule has 1 saturated heterocycles. The van der Waals surface area contributed by atoms with Crippen LogP contribution in [0.1, 0.15) is 18.5 Å². The molecule has 2 aromatic rings. The lowest BCUT2D eigenvalue weighted by molar-refractivity contribution is -0.123. The van der Waals surface area contributed by atoms with E-state index in [4.69, 9.17) is 9.47 Å². The number of halogens is 1. The fourth-order valence-electron chi connectivity index (χ4n) is 2.91. The largest absolute Gasteiger partial charge is 0.484 e. The average molecular weight is 483 g/mol. The van der Waals surface area contributed by atoms with Crippen LogP contribution in [0.3, 0.4) is 0 Å². The van der Waals surface area contributed by atoms with Crippen LogP contribution in [0.2, 0.25) is 0 Å². The van der Waals surface area contributed by atoms with Crippen LogP contribution in [0.5, 0.6) is 5.75 Å². The molecule has 0 bridgehead atoms. The summed E-state index contributed by atoms with van der Waals surface area (Å²) in [6.45, 7) is 3.22. The van der Waals surface area contributed by atoms with Crippen LogP contribution in [-0.2, 0) is 19.6 Å². The first-order valence-corrected chi connectivity index (χ1v) is 11.4. The number of benzene rings is 2. The lowest BCUT2D eigenvalue weighted by atomic mass is 10.1. The number of hydrogen-bond acceptors (Lipinski definition) is 5. The number of hydrogen-bond donors (Lipinski definition) is 1. The van der Waals surface area contributed by atoms with Gasteiger partial charge >= 0.3 is 0 Å². The van der Waals surface area contributed by atoms with E-state index >= 15 is 0 Å². The van der Waals surface area contributed by atoms with E-state index < -0.39 is 10.0 Å². The second-order valence-corrected chi connectivity index (χ2v) is 9.47. The fraction of sp³-hybridized carbons (Fsp3) is 0.350. The number of sulfonamides is 1. The molecule has 0 aliphatic carbocycles. The van der Waals surface area contributed by atoms with Crippen molar-refractivity contribution in [2.75, 3.05) is 32.9 Å². The number of nitrogens with zero attached hydrogens (tertiary/aromatic N) is 1. The van der Waals surface area contributed by atoms with Crippen LogP contribution < -0.4 is 10.1 Å². The molecule has 0 unspecified atom stereocenters. The van der Waals surface area contributed by atoms with Gasteiger partial charge in [-0.1, -0.05) is 28.1 Å². The SMILES string of the molecule is C[C@H](NC(=O)COc1ccc(S(=O)(=O)N2CCOCC2)cc1)c1ccc(Br)cc1. The van der Waals surface area contributed by atoms with Crippen molar-refractivity contribution >= 4 is 31.9 Å². The lowest BCUT2D eigenvalue weighted by Crippen LogP contribution is -2.40. The lowest BCUT2D eigenvalue weighted by Gasteiger charge is -2.26. The number of morpholine rings is 1. The summed E-state index contributed by atoms with van der Waals surface area (Å²) in [5.74, 6) is 0.169. The molecule has 2 aromatic carbocycles. The maximum Gasteiger partial charge on any atom is 0.258 e. The normalized spacial score (nSPS) is 16.2. The highest BCUT2D eigenvalue weighted by Gasteiger charge is 2.26. The fourth-order valence-corrected chi connectivity index (χ4v) is 4.58. The summed E-state index contributed by atoms with van der Waals surface area (Å²) < 4.78 is 38.3. The van der Waals surface area contributed by atoms with Gasteiger partial charge in [0.15, 0.2) is 6.61 Å². The van der Waals surface area contributed by atoms with Gasteiger partial charge < -0.3 is 14.8 Å². The smallest absolute Gasteiger partial charge is 0.258 e. The van der Waals surface area contributed by atoms with Gasteiger partial charge in [0.2, 0.25) is 10.0 Å². The molecule has 1 N–H and O–H groups in total. The van der Waals surface area contributed by atoms with Crippen molar-refractivity contribution in [1.82, 2.24) is 9.62 Å². The topological polar surface area (TPSA) is 84.9 Å². The molecule has 1 atom stereocenters. The maximum absolute atomic E-state index is 12.6. The van der Waals surface area contributed by atoms with E-state index in [0.29, 0.717) is 32.1 Å². The molecule has 0 saturated carbocycles. The van der Waals surface area contributed by atoms with E-state index in [1.54, 1.807) is 12.1 Å². The summed E-state index contributed by atoms with van der Waals surface area (Å²) in [4.78, 5) is 12.3.